The molecule has 0 amide bonds. The van der Waals surface area contributed by atoms with Crippen LogP contribution >= 0.6 is 0 Å². The van der Waals surface area contributed by atoms with E-state index >= 15 is 0 Å². The minimum atomic E-state index is -0.959. The maximum atomic E-state index is 11.2. The number of carboxylic acids is 1. The van der Waals surface area contributed by atoms with Gasteiger partial charge in [0.1, 0.15) is 11.3 Å². The van der Waals surface area contributed by atoms with Gasteiger partial charge in [-0.1, -0.05) is 6.07 Å². The van der Waals surface area contributed by atoms with Crippen LogP contribution in [0.3, 0.4) is 0 Å². The first kappa shape index (κ1) is 13.5. The zero-order chi connectivity index (χ0) is 14.0. The molecule has 0 fully saturated rings. The lowest BCUT2D eigenvalue weighted by Crippen LogP contribution is -2.05. The van der Waals surface area contributed by atoms with Gasteiger partial charge in [0.15, 0.2) is 0 Å². The van der Waals surface area contributed by atoms with Crippen molar-refractivity contribution in [1.82, 2.24) is 9.55 Å². The Hall–Kier alpha value is -1.88. The normalized spacial score (nSPS) is 12.8. The first-order valence-corrected chi connectivity index (χ1v) is 6.38. The third kappa shape index (κ3) is 2.76. The summed E-state index contributed by atoms with van der Waals surface area (Å²) in [4.78, 5) is 15.5. The number of aliphatic hydroxyl groups is 1. The molecule has 2 aromatic rings. The van der Waals surface area contributed by atoms with Crippen LogP contribution in [-0.4, -0.2) is 31.8 Å². The molecule has 102 valence electrons. The summed E-state index contributed by atoms with van der Waals surface area (Å²) in [6.45, 7) is 4.37. The highest BCUT2D eigenvalue weighted by Crippen LogP contribution is 2.20. The molecule has 0 aliphatic carbocycles. The smallest absolute Gasteiger partial charge is 0.337 e. The molecule has 0 saturated heterocycles. The fourth-order valence-electron chi connectivity index (χ4n) is 2.26. The van der Waals surface area contributed by atoms with E-state index in [1.54, 1.807) is 19.1 Å². The number of hydrogen-bond acceptors (Lipinski definition) is 3. The zero-order valence-corrected chi connectivity index (χ0v) is 11.1. The van der Waals surface area contributed by atoms with Gasteiger partial charge in [-0.2, -0.15) is 0 Å². The second kappa shape index (κ2) is 5.40. The topological polar surface area (TPSA) is 75.3 Å². The van der Waals surface area contributed by atoms with Crippen molar-refractivity contribution >= 4 is 17.0 Å². The summed E-state index contributed by atoms with van der Waals surface area (Å²) in [5.74, 6) is -0.159. The van der Waals surface area contributed by atoms with Gasteiger partial charge in [0.2, 0.25) is 0 Å². The predicted octanol–water partition coefficient (Wildman–Crippen LogP) is 2.20. The van der Waals surface area contributed by atoms with E-state index in [1.807, 2.05) is 17.6 Å². The van der Waals surface area contributed by atoms with E-state index in [-0.39, 0.29) is 11.7 Å². The summed E-state index contributed by atoms with van der Waals surface area (Å²) in [5, 5.41) is 18.4. The number of benzene rings is 1. The van der Waals surface area contributed by atoms with Crippen molar-refractivity contribution in [2.75, 3.05) is 0 Å². The van der Waals surface area contributed by atoms with Gasteiger partial charge < -0.3 is 14.8 Å². The number of aromatic nitrogens is 2. The number of aliphatic hydroxyl groups excluding tert-OH is 1. The monoisotopic (exact) mass is 262 g/mol. The number of hydrogen-bond donors (Lipinski definition) is 2. The molecule has 1 unspecified atom stereocenters. The molecule has 1 heterocycles. The molecule has 0 spiro atoms. The van der Waals surface area contributed by atoms with Gasteiger partial charge in [0.05, 0.1) is 17.2 Å². The zero-order valence-electron chi connectivity index (χ0n) is 11.1. The van der Waals surface area contributed by atoms with E-state index < -0.39 is 5.97 Å². The maximum Gasteiger partial charge on any atom is 0.337 e. The molecular formula is C14H18N2O3. The number of fused-ring (bicyclic) bond motifs is 1. The summed E-state index contributed by atoms with van der Waals surface area (Å²) >= 11 is 0. The fraction of sp³-hybridized carbons (Fsp3) is 0.429. The SMILES string of the molecule is Cc1nc2c(C(=O)O)cccc2n1CCCC(C)O. The molecule has 0 saturated carbocycles. The largest absolute Gasteiger partial charge is 0.478 e. The Kier molecular flexibility index (Phi) is 3.85. The van der Waals surface area contributed by atoms with Crippen LogP contribution < -0.4 is 0 Å². The van der Waals surface area contributed by atoms with Crippen LogP contribution in [0.15, 0.2) is 18.2 Å². The molecule has 0 aliphatic heterocycles. The Morgan fingerprint density at radius 2 is 2.21 bits per heavy atom. The lowest BCUT2D eigenvalue weighted by Gasteiger charge is -2.08. The number of para-hydroxylation sites is 1. The van der Waals surface area contributed by atoms with Gasteiger partial charge in [-0.25, -0.2) is 9.78 Å². The van der Waals surface area contributed by atoms with Crippen LogP contribution in [0.4, 0.5) is 0 Å². The first-order chi connectivity index (χ1) is 9.00. The molecule has 5 nitrogen and oxygen atoms in total. The van der Waals surface area contributed by atoms with Gasteiger partial charge in [0, 0.05) is 6.54 Å². The molecule has 0 radical (unpaired) electrons. The molecule has 19 heavy (non-hydrogen) atoms. The Balaban J connectivity index is 2.37. The number of rotatable bonds is 5. The van der Waals surface area contributed by atoms with Crippen molar-refractivity contribution in [2.45, 2.75) is 39.3 Å². The highest BCUT2D eigenvalue weighted by Gasteiger charge is 2.14. The minimum Gasteiger partial charge on any atom is -0.478 e. The number of nitrogens with zero attached hydrogens (tertiary/aromatic N) is 2. The van der Waals surface area contributed by atoms with Gasteiger partial charge in [0.25, 0.3) is 0 Å². The van der Waals surface area contributed by atoms with Gasteiger partial charge in [-0.15, -0.1) is 0 Å². The lowest BCUT2D eigenvalue weighted by molar-refractivity contribution is 0.0699. The molecule has 1 atom stereocenters. The second-order valence-electron chi connectivity index (χ2n) is 4.78. The third-order valence-electron chi connectivity index (χ3n) is 3.20. The Morgan fingerprint density at radius 1 is 1.47 bits per heavy atom. The lowest BCUT2D eigenvalue weighted by atomic mass is 10.2. The van der Waals surface area contributed by atoms with Crippen LogP contribution in [0, 0.1) is 6.92 Å². The van der Waals surface area contributed by atoms with E-state index in [0.29, 0.717) is 5.52 Å². The average Bonchev–Trinajstić information content (AvgIpc) is 2.65. The number of carboxylic acid groups (broad SMARTS) is 1. The molecule has 5 heteroatoms. The van der Waals surface area contributed by atoms with Crippen LogP contribution in [0.2, 0.25) is 0 Å². The van der Waals surface area contributed by atoms with Crippen molar-refractivity contribution < 1.29 is 15.0 Å². The molecule has 2 rings (SSSR count). The van der Waals surface area contributed by atoms with E-state index in [1.165, 1.54) is 0 Å². The minimum absolute atomic E-state index is 0.231. The highest BCUT2D eigenvalue weighted by atomic mass is 16.4. The molecular weight excluding hydrogens is 244 g/mol. The van der Waals surface area contributed by atoms with E-state index in [0.717, 1.165) is 30.7 Å². The quantitative estimate of drug-likeness (QED) is 0.866. The Morgan fingerprint density at radius 3 is 2.84 bits per heavy atom. The van der Waals surface area contributed by atoms with Gasteiger partial charge >= 0.3 is 5.97 Å². The second-order valence-corrected chi connectivity index (χ2v) is 4.78. The Bertz CT molecular complexity index is 602. The van der Waals surface area contributed by atoms with Crippen LogP contribution in [0.5, 0.6) is 0 Å². The maximum absolute atomic E-state index is 11.2. The van der Waals surface area contributed by atoms with Gasteiger partial charge in [-0.3, -0.25) is 0 Å². The van der Waals surface area contributed by atoms with Crippen LogP contribution in [0.1, 0.15) is 35.9 Å². The first-order valence-electron chi connectivity index (χ1n) is 6.38. The molecule has 2 N–H and O–H groups in total. The number of aryl methyl sites for hydroxylation is 2. The van der Waals surface area contributed by atoms with Crippen LogP contribution in [0.25, 0.3) is 11.0 Å². The van der Waals surface area contributed by atoms with Crippen molar-refractivity contribution in [3.63, 3.8) is 0 Å². The van der Waals surface area contributed by atoms with E-state index in [9.17, 15) is 9.90 Å². The van der Waals surface area contributed by atoms with Crippen LogP contribution in [-0.2, 0) is 6.54 Å². The van der Waals surface area contributed by atoms with Crippen molar-refractivity contribution in [3.05, 3.63) is 29.6 Å². The van der Waals surface area contributed by atoms with E-state index in [2.05, 4.69) is 4.98 Å². The molecule has 0 bridgehead atoms. The third-order valence-corrected chi connectivity index (χ3v) is 3.20. The van der Waals surface area contributed by atoms with Crippen molar-refractivity contribution in [2.24, 2.45) is 0 Å². The standard InChI is InChI=1S/C14H18N2O3/c1-9(17)5-4-8-16-10(2)15-13-11(14(18)19)6-3-7-12(13)16/h3,6-7,9,17H,4-5,8H2,1-2H3,(H,18,19). The van der Waals surface area contributed by atoms with E-state index in [4.69, 9.17) is 5.11 Å². The Labute approximate surface area is 111 Å². The average molecular weight is 262 g/mol. The summed E-state index contributed by atoms with van der Waals surface area (Å²) < 4.78 is 2.00. The number of imidazole rings is 1. The number of aromatic carboxylic acids is 1. The fourth-order valence-corrected chi connectivity index (χ4v) is 2.26. The summed E-state index contributed by atoms with van der Waals surface area (Å²) in [5.41, 5.74) is 1.60. The molecule has 1 aromatic carbocycles. The summed E-state index contributed by atoms with van der Waals surface area (Å²) in [7, 11) is 0. The van der Waals surface area contributed by atoms with Crippen molar-refractivity contribution in [1.29, 1.82) is 0 Å². The highest BCUT2D eigenvalue weighted by molar-refractivity contribution is 6.01. The van der Waals surface area contributed by atoms with Crippen molar-refractivity contribution in [3.8, 4) is 0 Å². The summed E-state index contributed by atoms with van der Waals surface area (Å²) in [6.07, 6.45) is 1.24. The molecule has 0 aliphatic rings. The van der Waals surface area contributed by atoms with Gasteiger partial charge in [-0.05, 0) is 38.8 Å². The predicted molar refractivity (Wildman–Crippen MR) is 72.3 cm³/mol. The summed E-state index contributed by atoms with van der Waals surface area (Å²) in [6, 6.07) is 5.18. The molecule has 1 aromatic heterocycles. The number of carbonyl (C=O) groups is 1.